The van der Waals surface area contributed by atoms with Gasteiger partial charge < -0.3 is 10.2 Å². The second-order valence-electron chi connectivity index (χ2n) is 6.76. The van der Waals surface area contributed by atoms with Crippen LogP contribution in [0, 0.1) is 6.92 Å². The first kappa shape index (κ1) is 23.4. The Morgan fingerprint density at radius 1 is 1.22 bits per heavy atom. The molecule has 6 nitrogen and oxygen atoms in total. The molecular weight excluding hydrogens is 385 g/mol. The second-order valence-corrected chi connectivity index (χ2v) is 6.76. The molecule has 1 aromatic heterocycles. The van der Waals surface area contributed by atoms with E-state index in [4.69, 9.17) is 0 Å². The SMILES string of the molecule is CNC(C(=O)N1CCN(Cc2cccc(C)c2)CC1)c1cnn(C)c1.Cl.Cl. The Morgan fingerprint density at radius 3 is 2.48 bits per heavy atom. The monoisotopic (exact) mass is 413 g/mol. The summed E-state index contributed by atoms with van der Waals surface area (Å²) in [4.78, 5) is 17.2. The largest absolute Gasteiger partial charge is 0.338 e. The van der Waals surface area contributed by atoms with Crippen LogP contribution in [0.5, 0.6) is 0 Å². The fraction of sp³-hybridized carbons (Fsp3) is 0.474. The van der Waals surface area contributed by atoms with Crippen LogP contribution in [0.25, 0.3) is 0 Å². The van der Waals surface area contributed by atoms with Gasteiger partial charge in [0.15, 0.2) is 0 Å². The van der Waals surface area contributed by atoms with Crippen molar-refractivity contribution < 1.29 is 4.79 Å². The van der Waals surface area contributed by atoms with E-state index in [-0.39, 0.29) is 36.8 Å². The molecular formula is C19H29Cl2N5O. The summed E-state index contributed by atoms with van der Waals surface area (Å²) in [6.07, 6.45) is 3.65. The van der Waals surface area contributed by atoms with Gasteiger partial charge in [-0.15, -0.1) is 24.8 Å². The van der Waals surface area contributed by atoms with Crippen molar-refractivity contribution in [3.8, 4) is 0 Å². The molecule has 0 radical (unpaired) electrons. The molecule has 27 heavy (non-hydrogen) atoms. The fourth-order valence-electron chi connectivity index (χ4n) is 3.40. The summed E-state index contributed by atoms with van der Waals surface area (Å²) in [6.45, 7) is 6.41. The quantitative estimate of drug-likeness (QED) is 0.815. The van der Waals surface area contributed by atoms with Crippen LogP contribution in [0.3, 0.4) is 0 Å². The number of carbonyl (C=O) groups excluding carboxylic acids is 1. The van der Waals surface area contributed by atoms with Crippen LogP contribution in [-0.4, -0.2) is 58.7 Å². The van der Waals surface area contributed by atoms with Gasteiger partial charge in [-0.2, -0.15) is 5.10 Å². The van der Waals surface area contributed by atoms with Crippen LogP contribution in [0.4, 0.5) is 0 Å². The highest BCUT2D eigenvalue weighted by Gasteiger charge is 2.28. The van der Waals surface area contributed by atoms with Gasteiger partial charge in [0.2, 0.25) is 5.91 Å². The van der Waals surface area contributed by atoms with Crippen LogP contribution in [0.2, 0.25) is 0 Å². The maximum Gasteiger partial charge on any atom is 0.244 e. The molecule has 1 N–H and O–H groups in total. The van der Waals surface area contributed by atoms with Crippen LogP contribution < -0.4 is 5.32 Å². The first-order valence-corrected chi connectivity index (χ1v) is 8.79. The number of aryl methyl sites for hydroxylation is 2. The third kappa shape index (κ3) is 5.94. The first-order valence-electron chi connectivity index (χ1n) is 8.79. The topological polar surface area (TPSA) is 53.4 Å². The molecule has 0 bridgehead atoms. The highest BCUT2D eigenvalue weighted by Crippen LogP contribution is 2.17. The number of hydrogen-bond donors (Lipinski definition) is 1. The van der Waals surface area contributed by atoms with Crippen molar-refractivity contribution in [2.24, 2.45) is 7.05 Å². The minimum Gasteiger partial charge on any atom is -0.338 e. The predicted octanol–water partition coefficient (Wildman–Crippen LogP) is 2.18. The number of halogens is 2. The Bertz CT molecular complexity index is 728. The van der Waals surface area contributed by atoms with Gasteiger partial charge in [-0.05, 0) is 19.5 Å². The molecule has 2 heterocycles. The number of aromatic nitrogens is 2. The number of amides is 1. The lowest BCUT2D eigenvalue weighted by molar-refractivity contribution is -0.135. The van der Waals surface area contributed by atoms with Crippen molar-refractivity contribution in [2.45, 2.75) is 19.5 Å². The molecule has 8 heteroatoms. The van der Waals surface area contributed by atoms with Crippen molar-refractivity contribution in [3.63, 3.8) is 0 Å². The minimum absolute atomic E-state index is 0. The molecule has 1 aliphatic heterocycles. The predicted molar refractivity (Wildman–Crippen MR) is 113 cm³/mol. The van der Waals surface area contributed by atoms with Crippen molar-refractivity contribution >= 4 is 30.7 Å². The molecule has 1 fully saturated rings. The molecule has 1 atom stereocenters. The number of rotatable bonds is 5. The molecule has 2 aromatic rings. The Labute approximate surface area is 173 Å². The maximum absolute atomic E-state index is 12.9. The summed E-state index contributed by atoms with van der Waals surface area (Å²) in [5.74, 6) is 0.130. The van der Waals surface area contributed by atoms with E-state index < -0.39 is 0 Å². The van der Waals surface area contributed by atoms with Crippen molar-refractivity contribution in [1.82, 2.24) is 24.9 Å². The molecule has 1 aliphatic rings. The zero-order valence-corrected chi connectivity index (χ0v) is 17.7. The Morgan fingerprint density at radius 2 is 1.93 bits per heavy atom. The van der Waals surface area contributed by atoms with Gasteiger partial charge in [0.1, 0.15) is 6.04 Å². The standard InChI is InChI=1S/C19H27N5O.2ClH/c1-15-5-4-6-16(11-15)13-23-7-9-24(10-8-23)19(25)18(20-2)17-12-21-22(3)14-17;;/h4-6,11-12,14,18,20H,7-10,13H2,1-3H3;2*1H. The minimum atomic E-state index is -0.322. The first-order chi connectivity index (χ1) is 12.1. The van der Waals surface area contributed by atoms with Gasteiger partial charge in [-0.1, -0.05) is 29.8 Å². The van der Waals surface area contributed by atoms with Crippen molar-refractivity contribution in [1.29, 1.82) is 0 Å². The molecule has 0 spiro atoms. The molecule has 0 saturated carbocycles. The highest BCUT2D eigenvalue weighted by atomic mass is 35.5. The van der Waals surface area contributed by atoms with E-state index in [1.165, 1.54) is 11.1 Å². The number of hydrogen-bond acceptors (Lipinski definition) is 4. The van der Waals surface area contributed by atoms with E-state index in [2.05, 4.69) is 46.5 Å². The fourth-order valence-corrected chi connectivity index (χ4v) is 3.40. The Balaban J connectivity index is 0.00000182. The second kappa shape index (κ2) is 10.7. The third-order valence-electron chi connectivity index (χ3n) is 4.77. The third-order valence-corrected chi connectivity index (χ3v) is 4.77. The summed E-state index contributed by atoms with van der Waals surface area (Å²) in [5.41, 5.74) is 3.54. The van der Waals surface area contributed by atoms with E-state index >= 15 is 0 Å². The number of benzene rings is 1. The van der Waals surface area contributed by atoms with Gasteiger partial charge in [-0.25, -0.2) is 0 Å². The number of carbonyl (C=O) groups is 1. The number of nitrogens with one attached hydrogen (secondary N) is 1. The molecule has 3 rings (SSSR count). The number of piperazine rings is 1. The van der Waals surface area contributed by atoms with Gasteiger partial charge in [0.25, 0.3) is 0 Å². The van der Waals surface area contributed by atoms with E-state index in [9.17, 15) is 4.79 Å². The number of likely N-dealkylation sites (N-methyl/N-ethyl adjacent to an activating group) is 1. The average molecular weight is 414 g/mol. The average Bonchev–Trinajstić information content (AvgIpc) is 3.02. The lowest BCUT2D eigenvalue weighted by Gasteiger charge is -2.36. The maximum atomic E-state index is 12.9. The molecule has 1 aromatic carbocycles. The van der Waals surface area contributed by atoms with Gasteiger partial charge in [0.05, 0.1) is 6.20 Å². The van der Waals surface area contributed by atoms with Gasteiger partial charge in [-0.3, -0.25) is 14.4 Å². The number of nitrogens with zero attached hydrogens (tertiary/aromatic N) is 4. The highest BCUT2D eigenvalue weighted by molar-refractivity contribution is 5.85. The summed E-state index contributed by atoms with van der Waals surface area (Å²) in [6, 6.07) is 8.31. The van der Waals surface area contributed by atoms with Crippen LogP contribution >= 0.6 is 24.8 Å². The van der Waals surface area contributed by atoms with E-state index in [1.807, 2.05) is 25.2 Å². The van der Waals surface area contributed by atoms with E-state index in [0.29, 0.717) is 0 Å². The van der Waals surface area contributed by atoms with Gasteiger partial charge in [0, 0.05) is 51.5 Å². The lowest BCUT2D eigenvalue weighted by Crippen LogP contribution is -2.51. The Hall–Kier alpha value is -1.60. The Kier molecular flexibility index (Phi) is 9.26. The summed E-state index contributed by atoms with van der Waals surface area (Å²) in [7, 11) is 3.69. The van der Waals surface area contributed by atoms with Crippen LogP contribution in [0.15, 0.2) is 36.7 Å². The van der Waals surface area contributed by atoms with Gasteiger partial charge >= 0.3 is 0 Å². The van der Waals surface area contributed by atoms with Crippen molar-refractivity contribution in [2.75, 3.05) is 33.2 Å². The van der Waals surface area contributed by atoms with E-state index in [0.717, 1.165) is 38.3 Å². The summed E-state index contributed by atoms with van der Waals surface area (Å²) < 4.78 is 1.73. The van der Waals surface area contributed by atoms with Crippen LogP contribution in [-0.2, 0) is 18.4 Å². The van der Waals surface area contributed by atoms with Crippen molar-refractivity contribution in [3.05, 3.63) is 53.3 Å². The zero-order chi connectivity index (χ0) is 17.8. The molecule has 1 unspecified atom stereocenters. The molecule has 0 aliphatic carbocycles. The lowest BCUT2D eigenvalue weighted by atomic mass is 10.1. The molecule has 150 valence electrons. The molecule has 1 saturated heterocycles. The smallest absolute Gasteiger partial charge is 0.244 e. The zero-order valence-electron chi connectivity index (χ0n) is 16.1. The summed E-state index contributed by atoms with van der Waals surface area (Å²) >= 11 is 0. The molecule has 1 amide bonds. The van der Waals surface area contributed by atoms with E-state index in [1.54, 1.807) is 10.9 Å². The van der Waals surface area contributed by atoms with Crippen LogP contribution in [0.1, 0.15) is 22.7 Å². The normalized spacial score (nSPS) is 15.6. The summed E-state index contributed by atoms with van der Waals surface area (Å²) in [5, 5.41) is 7.30.